The quantitative estimate of drug-likeness (QED) is 0.830. The Balaban J connectivity index is 2.02. The van der Waals surface area contributed by atoms with E-state index in [1.165, 1.54) is 5.56 Å². The second kappa shape index (κ2) is 6.56. The summed E-state index contributed by atoms with van der Waals surface area (Å²) in [6, 6.07) is 14.5. The second-order valence-corrected chi connectivity index (χ2v) is 8.97. The molecular weight excluding hydrogens is 336 g/mol. The van der Waals surface area contributed by atoms with E-state index in [2.05, 4.69) is 6.92 Å². The molecule has 0 heterocycles. The van der Waals surface area contributed by atoms with Crippen molar-refractivity contribution in [2.24, 2.45) is 5.41 Å². The lowest BCUT2D eigenvalue weighted by Crippen LogP contribution is -2.23. The maximum atomic E-state index is 13.1. The van der Waals surface area contributed by atoms with Gasteiger partial charge in [0.2, 0.25) is 0 Å². The molecule has 0 bridgehead atoms. The Morgan fingerprint density at radius 1 is 0.960 bits per heavy atom. The van der Waals surface area contributed by atoms with Gasteiger partial charge in [-0.25, -0.2) is 8.42 Å². The van der Waals surface area contributed by atoms with E-state index in [-0.39, 0.29) is 18.1 Å². The minimum Gasteiger partial charge on any atom is -0.396 e. The predicted octanol–water partition coefficient (Wildman–Crippen LogP) is 2.47. The Kier molecular flexibility index (Phi) is 4.75. The van der Waals surface area contributed by atoms with Crippen LogP contribution in [-0.4, -0.2) is 37.1 Å². The van der Waals surface area contributed by atoms with E-state index in [4.69, 9.17) is 0 Å². The number of aliphatic hydroxyl groups excluding tert-OH is 2. The maximum Gasteiger partial charge on any atom is 0.182 e. The minimum absolute atomic E-state index is 0.238. The number of hydrogen-bond acceptors (Lipinski definition) is 4. The molecule has 0 aromatic heterocycles. The zero-order chi connectivity index (χ0) is 18.2. The first-order valence-electron chi connectivity index (χ1n) is 8.52. The van der Waals surface area contributed by atoms with Crippen molar-refractivity contribution in [3.05, 3.63) is 65.2 Å². The van der Waals surface area contributed by atoms with Crippen LogP contribution in [0.25, 0.3) is 0 Å². The molecule has 25 heavy (non-hydrogen) atoms. The van der Waals surface area contributed by atoms with Crippen molar-refractivity contribution in [1.29, 1.82) is 0 Å². The van der Waals surface area contributed by atoms with Crippen molar-refractivity contribution in [2.45, 2.75) is 36.3 Å². The van der Waals surface area contributed by atoms with Crippen molar-refractivity contribution in [1.82, 2.24) is 0 Å². The molecule has 4 nitrogen and oxygen atoms in total. The summed E-state index contributed by atoms with van der Waals surface area (Å²) in [4.78, 5) is 0.238. The smallest absolute Gasteiger partial charge is 0.182 e. The van der Waals surface area contributed by atoms with Gasteiger partial charge in [-0.15, -0.1) is 0 Å². The average Bonchev–Trinajstić information content (AvgIpc) is 3.33. The van der Waals surface area contributed by atoms with Crippen molar-refractivity contribution >= 4 is 9.84 Å². The Labute approximate surface area is 149 Å². The molecule has 2 atom stereocenters. The lowest BCUT2D eigenvalue weighted by atomic mass is 9.99. The first kappa shape index (κ1) is 18.1. The molecule has 0 amide bonds. The van der Waals surface area contributed by atoms with Crippen LogP contribution in [0.5, 0.6) is 0 Å². The van der Waals surface area contributed by atoms with Crippen LogP contribution < -0.4 is 0 Å². The third-order valence-corrected chi connectivity index (χ3v) is 7.74. The first-order chi connectivity index (χ1) is 11.9. The Hall–Kier alpha value is -1.69. The van der Waals surface area contributed by atoms with E-state index in [1.54, 1.807) is 24.3 Å². The lowest BCUT2D eigenvalue weighted by molar-refractivity contribution is 0.130. The van der Waals surface area contributed by atoms with Crippen LogP contribution in [0.4, 0.5) is 0 Å². The summed E-state index contributed by atoms with van der Waals surface area (Å²) in [5.74, 6) is -0.403. The van der Waals surface area contributed by atoms with E-state index in [9.17, 15) is 18.6 Å². The van der Waals surface area contributed by atoms with Crippen LogP contribution in [-0.2, 0) is 16.3 Å². The normalized spacial score (nSPS) is 21.9. The molecule has 2 aromatic rings. The molecule has 3 rings (SSSR count). The van der Waals surface area contributed by atoms with Gasteiger partial charge in [0.1, 0.15) is 0 Å². The van der Waals surface area contributed by atoms with Gasteiger partial charge in [0.05, 0.1) is 23.4 Å². The molecule has 0 unspecified atom stereocenters. The Morgan fingerprint density at radius 3 is 2.00 bits per heavy atom. The molecule has 2 N–H and O–H groups in total. The minimum atomic E-state index is -3.65. The number of rotatable bonds is 6. The SMILES string of the molecule is CCc1ccc([C@@H]2[C@@H](S(=O)(=O)c3ccc(C)cc3)C2(CO)CO)cc1. The molecule has 134 valence electrons. The molecular formula is C20H24O4S. The monoisotopic (exact) mass is 360 g/mol. The second-order valence-electron chi connectivity index (χ2n) is 6.90. The molecule has 0 spiro atoms. The zero-order valence-electron chi connectivity index (χ0n) is 14.5. The van der Waals surface area contributed by atoms with Crippen LogP contribution in [0, 0.1) is 12.3 Å². The van der Waals surface area contributed by atoms with Crippen molar-refractivity contribution in [3.63, 3.8) is 0 Å². The van der Waals surface area contributed by atoms with Gasteiger partial charge in [-0.05, 0) is 36.6 Å². The fraction of sp³-hybridized carbons (Fsp3) is 0.400. The third kappa shape index (κ3) is 2.90. The largest absolute Gasteiger partial charge is 0.396 e. The number of aryl methyl sites for hydroxylation is 2. The zero-order valence-corrected chi connectivity index (χ0v) is 15.3. The van der Waals surface area contributed by atoms with Crippen molar-refractivity contribution < 1.29 is 18.6 Å². The van der Waals surface area contributed by atoms with Crippen LogP contribution in [0.3, 0.4) is 0 Å². The van der Waals surface area contributed by atoms with E-state index in [1.807, 2.05) is 31.2 Å². The summed E-state index contributed by atoms with van der Waals surface area (Å²) in [6.07, 6.45) is 0.904. The Morgan fingerprint density at radius 2 is 1.52 bits per heavy atom. The standard InChI is InChI=1S/C20H24O4S/c1-3-15-6-8-16(9-7-15)18-19(20(18,12-21)13-22)25(23,24)17-10-4-14(2)5-11-17/h4-11,18-19,21-22H,3,12-13H2,1-2H3/t18-,19-/m1/s1. The van der Waals surface area contributed by atoms with Crippen LogP contribution >= 0.6 is 0 Å². The molecule has 0 radical (unpaired) electrons. The molecule has 1 aliphatic carbocycles. The highest BCUT2D eigenvalue weighted by atomic mass is 32.2. The lowest BCUT2D eigenvalue weighted by Gasteiger charge is -2.11. The van der Waals surface area contributed by atoms with Crippen molar-refractivity contribution in [2.75, 3.05) is 13.2 Å². The molecule has 1 saturated carbocycles. The summed E-state index contributed by atoms with van der Waals surface area (Å²) >= 11 is 0. The first-order valence-corrected chi connectivity index (χ1v) is 10.1. The average molecular weight is 360 g/mol. The van der Waals surface area contributed by atoms with Crippen LogP contribution in [0.15, 0.2) is 53.4 Å². The van der Waals surface area contributed by atoms with Crippen LogP contribution in [0.1, 0.15) is 29.5 Å². The van der Waals surface area contributed by atoms with Gasteiger partial charge in [0.15, 0.2) is 9.84 Å². The molecule has 0 saturated heterocycles. The number of hydrogen-bond donors (Lipinski definition) is 2. The van der Waals surface area contributed by atoms with Gasteiger partial charge in [0, 0.05) is 11.3 Å². The van der Waals surface area contributed by atoms with Gasteiger partial charge >= 0.3 is 0 Å². The van der Waals surface area contributed by atoms with E-state index < -0.39 is 26.4 Å². The van der Waals surface area contributed by atoms with E-state index in [0.717, 1.165) is 17.5 Å². The summed E-state index contributed by atoms with van der Waals surface area (Å²) < 4.78 is 26.2. The third-order valence-electron chi connectivity index (χ3n) is 5.40. The summed E-state index contributed by atoms with van der Waals surface area (Å²) in [5.41, 5.74) is 1.97. The predicted molar refractivity (Wildman–Crippen MR) is 97.3 cm³/mol. The number of sulfone groups is 1. The molecule has 1 fully saturated rings. The van der Waals surface area contributed by atoms with Gasteiger partial charge in [-0.1, -0.05) is 48.9 Å². The fourth-order valence-corrected chi connectivity index (χ4v) is 6.14. The maximum absolute atomic E-state index is 13.1. The summed E-state index contributed by atoms with van der Waals surface area (Å²) in [5, 5.41) is 19.0. The van der Waals surface area contributed by atoms with Gasteiger partial charge in [0.25, 0.3) is 0 Å². The Bertz CT molecular complexity index is 834. The van der Waals surface area contributed by atoms with E-state index >= 15 is 0 Å². The highest BCUT2D eigenvalue weighted by molar-refractivity contribution is 7.92. The molecule has 2 aromatic carbocycles. The number of aliphatic hydroxyl groups is 2. The van der Waals surface area contributed by atoms with Crippen LogP contribution in [0.2, 0.25) is 0 Å². The highest BCUT2D eigenvalue weighted by Crippen LogP contribution is 2.63. The van der Waals surface area contributed by atoms with Gasteiger partial charge in [-0.3, -0.25) is 0 Å². The number of benzene rings is 2. The van der Waals surface area contributed by atoms with Crippen molar-refractivity contribution in [3.8, 4) is 0 Å². The summed E-state index contributed by atoms with van der Waals surface area (Å²) in [7, 11) is -3.65. The fourth-order valence-electron chi connectivity index (χ4n) is 3.71. The summed E-state index contributed by atoms with van der Waals surface area (Å²) in [6.45, 7) is 3.23. The van der Waals surface area contributed by atoms with E-state index in [0.29, 0.717) is 0 Å². The topological polar surface area (TPSA) is 74.6 Å². The van der Waals surface area contributed by atoms with Gasteiger partial charge in [-0.2, -0.15) is 0 Å². The van der Waals surface area contributed by atoms with Gasteiger partial charge < -0.3 is 10.2 Å². The molecule has 5 heteroatoms. The molecule has 1 aliphatic rings. The highest BCUT2D eigenvalue weighted by Gasteiger charge is 2.70. The molecule has 0 aliphatic heterocycles.